The van der Waals surface area contributed by atoms with Gasteiger partial charge in [-0.3, -0.25) is 0 Å². The lowest BCUT2D eigenvalue weighted by Gasteiger charge is -2.08. The highest BCUT2D eigenvalue weighted by atomic mass is 79.9. The maximum Gasteiger partial charge on any atom is 0.235 e. The molecule has 0 aliphatic carbocycles. The van der Waals surface area contributed by atoms with Crippen molar-refractivity contribution in [1.82, 2.24) is 0 Å². The molecule has 3 nitrogen and oxygen atoms in total. The molecule has 0 bridgehead atoms. The van der Waals surface area contributed by atoms with Crippen molar-refractivity contribution in [3.63, 3.8) is 0 Å². The molecule has 0 radical (unpaired) electrons. The summed E-state index contributed by atoms with van der Waals surface area (Å²) in [6.45, 7) is 1.94. The largest absolute Gasteiger partial charge is 0.492 e. The fourth-order valence-electron chi connectivity index (χ4n) is 0.981. The molecule has 0 saturated carbocycles. The van der Waals surface area contributed by atoms with Gasteiger partial charge in [-0.1, -0.05) is 22.0 Å². The number of benzene rings is 1. The van der Waals surface area contributed by atoms with Crippen LogP contribution < -0.4 is 4.74 Å². The first-order valence-electron chi connectivity index (χ1n) is 4.20. The summed E-state index contributed by atoms with van der Waals surface area (Å²) in [6.07, 6.45) is 0. The van der Waals surface area contributed by atoms with Gasteiger partial charge in [0, 0.05) is 15.2 Å². The summed E-state index contributed by atoms with van der Waals surface area (Å²) in [5.74, 6) is 0.463. The molecule has 6 heteroatoms. The lowest BCUT2D eigenvalue weighted by Crippen LogP contribution is -2.09. The third-order valence-corrected chi connectivity index (χ3v) is 3.35. The van der Waals surface area contributed by atoms with E-state index >= 15 is 0 Å². The van der Waals surface area contributed by atoms with E-state index in [0.29, 0.717) is 5.75 Å². The quantitative estimate of drug-likeness (QED) is 0.803. The summed E-state index contributed by atoms with van der Waals surface area (Å²) in [4.78, 5) is 0. The van der Waals surface area contributed by atoms with Gasteiger partial charge in [0.05, 0.1) is 5.75 Å². The van der Waals surface area contributed by atoms with Crippen LogP contribution in [0, 0.1) is 6.92 Å². The van der Waals surface area contributed by atoms with Crippen LogP contribution in [-0.2, 0) is 9.05 Å². The van der Waals surface area contributed by atoms with Crippen molar-refractivity contribution in [2.45, 2.75) is 6.92 Å². The number of halogens is 2. The van der Waals surface area contributed by atoms with Crippen molar-refractivity contribution >= 4 is 35.7 Å². The Bertz CT molecular complexity index is 445. The normalized spacial score (nSPS) is 11.4. The molecule has 0 N–H and O–H groups in total. The molecule has 1 aromatic carbocycles. The Morgan fingerprint density at radius 1 is 1.47 bits per heavy atom. The molecular weight excluding hydrogens is 304 g/mol. The van der Waals surface area contributed by atoms with E-state index in [1.807, 2.05) is 19.1 Å². The lowest BCUT2D eigenvalue weighted by molar-refractivity contribution is 0.339. The van der Waals surface area contributed by atoms with Gasteiger partial charge in [-0.05, 0) is 24.6 Å². The minimum atomic E-state index is -3.48. The topological polar surface area (TPSA) is 43.4 Å². The maximum atomic E-state index is 10.6. The highest BCUT2D eigenvalue weighted by Crippen LogP contribution is 2.22. The fourth-order valence-corrected chi connectivity index (χ4v) is 1.79. The number of hydrogen-bond donors (Lipinski definition) is 0. The van der Waals surface area contributed by atoms with Gasteiger partial charge in [0.25, 0.3) is 0 Å². The SMILES string of the molecule is Cc1ccc(Br)cc1OCCS(=O)(=O)Cl. The van der Waals surface area contributed by atoms with Crippen LogP contribution in [0.25, 0.3) is 0 Å². The van der Waals surface area contributed by atoms with Crippen LogP contribution >= 0.6 is 26.6 Å². The zero-order chi connectivity index (χ0) is 11.5. The standard InChI is InChI=1S/C9H10BrClO3S/c1-7-2-3-8(10)6-9(7)14-4-5-15(11,12)13/h2-3,6H,4-5H2,1H3. The van der Waals surface area contributed by atoms with Gasteiger partial charge in [0.15, 0.2) is 0 Å². The molecule has 1 aromatic rings. The number of hydrogen-bond acceptors (Lipinski definition) is 3. The van der Waals surface area contributed by atoms with Crippen molar-refractivity contribution in [2.24, 2.45) is 0 Å². The Morgan fingerprint density at radius 3 is 2.73 bits per heavy atom. The molecule has 0 aromatic heterocycles. The second-order valence-corrected chi connectivity index (χ2v) is 6.81. The Morgan fingerprint density at radius 2 is 2.13 bits per heavy atom. The first kappa shape index (κ1) is 12.8. The van der Waals surface area contributed by atoms with Crippen molar-refractivity contribution in [3.8, 4) is 5.75 Å². The minimum Gasteiger partial charge on any atom is -0.492 e. The molecule has 0 saturated heterocycles. The molecule has 15 heavy (non-hydrogen) atoms. The predicted octanol–water partition coefficient (Wildman–Crippen LogP) is 2.70. The molecule has 0 aliphatic heterocycles. The van der Waals surface area contributed by atoms with E-state index in [-0.39, 0.29) is 12.4 Å². The smallest absolute Gasteiger partial charge is 0.235 e. The van der Waals surface area contributed by atoms with Gasteiger partial charge in [-0.2, -0.15) is 0 Å². The summed E-state index contributed by atoms with van der Waals surface area (Å²) in [6, 6.07) is 5.56. The Kier molecular flexibility index (Phi) is 4.43. The van der Waals surface area contributed by atoms with Gasteiger partial charge < -0.3 is 4.74 Å². The summed E-state index contributed by atoms with van der Waals surface area (Å²) < 4.78 is 27.5. The number of aryl methyl sites for hydroxylation is 1. The molecule has 0 aliphatic rings. The Balaban J connectivity index is 2.61. The minimum absolute atomic E-state index is 0.0587. The van der Waals surface area contributed by atoms with Crippen LogP contribution in [0.1, 0.15) is 5.56 Å². The van der Waals surface area contributed by atoms with Crippen LogP contribution in [0.4, 0.5) is 0 Å². The fraction of sp³-hybridized carbons (Fsp3) is 0.333. The molecule has 84 valence electrons. The third-order valence-electron chi connectivity index (χ3n) is 1.73. The second-order valence-electron chi connectivity index (χ2n) is 3.00. The Hall–Kier alpha value is -0.260. The van der Waals surface area contributed by atoms with E-state index in [0.717, 1.165) is 10.0 Å². The van der Waals surface area contributed by atoms with Crippen LogP contribution in [0.2, 0.25) is 0 Å². The first-order valence-corrected chi connectivity index (χ1v) is 7.47. The molecular formula is C9H10BrClO3S. The molecule has 0 fully saturated rings. The predicted molar refractivity (Wildman–Crippen MR) is 64.0 cm³/mol. The maximum absolute atomic E-state index is 10.6. The zero-order valence-electron chi connectivity index (χ0n) is 8.04. The zero-order valence-corrected chi connectivity index (χ0v) is 11.2. The molecule has 0 unspecified atom stereocenters. The van der Waals surface area contributed by atoms with Gasteiger partial charge in [-0.25, -0.2) is 8.42 Å². The molecule has 0 atom stereocenters. The summed E-state index contributed by atoms with van der Waals surface area (Å²) in [5, 5.41) is 0. The van der Waals surface area contributed by atoms with E-state index in [1.165, 1.54) is 0 Å². The summed E-state index contributed by atoms with van der Waals surface area (Å²) in [5.41, 5.74) is 0.949. The van der Waals surface area contributed by atoms with E-state index in [1.54, 1.807) is 6.07 Å². The van der Waals surface area contributed by atoms with Crippen molar-refractivity contribution in [2.75, 3.05) is 12.4 Å². The number of rotatable bonds is 4. The van der Waals surface area contributed by atoms with E-state index < -0.39 is 9.05 Å². The highest BCUT2D eigenvalue weighted by molar-refractivity contribution is 9.10. The van der Waals surface area contributed by atoms with Gasteiger partial charge >= 0.3 is 0 Å². The van der Waals surface area contributed by atoms with Crippen LogP contribution in [0.3, 0.4) is 0 Å². The second kappa shape index (κ2) is 5.18. The van der Waals surface area contributed by atoms with Gasteiger partial charge in [-0.15, -0.1) is 0 Å². The molecule has 0 amide bonds. The first-order chi connectivity index (χ1) is 6.88. The van der Waals surface area contributed by atoms with E-state index in [4.69, 9.17) is 15.4 Å². The summed E-state index contributed by atoms with van der Waals surface area (Å²) >= 11 is 3.30. The van der Waals surface area contributed by atoms with Crippen LogP contribution in [-0.4, -0.2) is 20.8 Å². The van der Waals surface area contributed by atoms with Crippen molar-refractivity contribution in [3.05, 3.63) is 28.2 Å². The Labute approximate surface area is 102 Å². The van der Waals surface area contributed by atoms with Crippen LogP contribution in [0.5, 0.6) is 5.75 Å². The van der Waals surface area contributed by atoms with Crippen molar-refractivity contribution < 1.29 is 13.2 Å². The van der Waals surface area contributed by atoms with Crippen molar-refractivity contribution in [1.29, 1.82) is 0 Å². The lowest BCUT2D eigenvalue weighted by atomic mass is 10.2. The third kappa shape index (κ3) is 4.86. The molecule has 1 rings (SSSR count). The highest BCUT2D eigenvalue weighted by Gasteiger charge is 2.06. The molecule has 0 heterocycles. The average molecular weight is 314 g/mol. The number of ether oxygens (including phenoxy) is 1. The summed E-state index contributed by atoms with van der Waals surface area (Å²) in [7, 11) is 1.57. The van der Waals surface area contributed by atoms with Crippen LogP contribution in [0.15, 0.2) is 22.7 Å². The van der Waals surface area contributed by atoms with Gasteiger partial charge in [0.1, 0.15) is 12.4 Å². The molecule has 0 spiro atoms. The monoisotopic (exact) mass is 312 g/mol. The van der Waals surface area contributed by atoms with E-state index in [9.17, 15) is 8.42 Å². The van der Waals surface area contributed by atoms with Gasteiger partial charge in [0.2, 0.25) is 9.05 Å². The average Bonchev–Trinajstić information content (AvgIpc) is 2.09. The van der Waals surface area contributed by atoms with E-state index in [2.05, 4.69) is 15.9 Å².